The maximum atomic E-state index is 9.94. The summed E-state index contributed by atoms with van der Waals surface area (Å²) in [6.45, 7) is 7.39. The van der Waals surface area contributed by atoms with E-state index in [2.05, 4.69) is 18.7 Å². The maximum Gasteiger partial charge on any atom is 0.0900 e. The van der Waals surface area contributed by atoms with E-state index in [1.807, 2.05) is 0 Å². The Kier molecular flexibility index (Phi) is 4.90. The van der Waals surface area contributed by atoms with Crippen molar-refractivity contribution in [1.82, 2.24) is 4.90 Å². The van der Waals surface area contributed by atoms with Crippen LogP contribution in [0.4, 0.5) is 0 Å². The number of nitrogens with zero attached hydrogens (tertiary/aromatic N) is 1. The Morgan fingerprint density at radius 1 is 1.07 bits per heavy atom. The van der Waals surface area contributed by atoms with Crippen molar-refractivity contribution < 1.29 is 5.11 Å². The van der Waals surface area contributed by atoms with Crippen molar-refractivity contribution in [2.45, 2.75) is 58.0 Å². The fraction of sp³-hybridized carbons (Fsp3) is 1.00. The summed E-state index contributed by atoms with van der Waals surface area (Å²) in [5.41, 5.74) is -0.334. The van der Waals surface area contributed by atoms with Crippen LogP contribution in [0.25, 0.3) is 0 Å². The molecule has 0 aromatic heterocycles. The first-order valence-corrected chi connectivity index (χ1v) is 6.15. The van der Waals surface area contributed by atoms with Gasteiger partial charge in [-0.25, -0.2) is 0 Å². The van der Waals surface area contributed by atoms with Gasteiger partial charge in [0.1, 0.15) is 0 Å². The number of β-amino-alcohol motifs (C(OH)–C–C–N with tert-alkyl or cyclic N) is 1. The van der Waals surface area contributed by atoms with E-state index < -0.39 is 0 Å². The molecule has 1 N–H and O–H groups in total. The smallest absolute Gasteiger partial charge is 0.0900 e. The summed E-state index contributed by atoms with van der Waals surface area (Å²) in [4.78, 5) is 2.38. The highest BCUT2D eigenvalue weighted by atomic mass is 16.3. The summed E-state index contributed by atoms with van der Waals surface area (Å²) in [5.74, 6) is 0. The molecule has 84 valence electrons. The minimum atomic E-state index is -0.334. The van der Waals surface area contributed by atoms with Gasteiger partial charge in [0.2, 0.25) is 0 Å². The zero-order chi connectivity index (χ0) is 10.4. The SMILES string of the molecule is CCCCCCN1CC(O)(CCC)C1. The minimum absolute atomic E-state index is 0.334. The van der Waals surface area contributed by atoms with Crippen LogP contribution < -0.4 is 0 Å². The lowest BCUT2D eigenvalue weighted by Crippen LogP contribution is -2.61. The van der Waals surface area contributed by atoms with Gasteiger partial charge >= 0.3 is 0 Å². The largest absolute Gasteiger partial charge is 0.387 e. The topological polar surface area (TPSA) is 23.5 Å². The highest BCUT2D eigenvalue weighted by molar-refractivity contribution is 4.94. The standard InChI is InChI=1S/C12H25NO/c1-3-5-6-7-9-13-10-12(14,11-13)8-4-2/h14H,3-11H2,1-2H3. The maximum absolute atomic E-state index is 9.94. The van der Waals surface area contributed by atoms with Crippen LogP contribution in [-0.4, -0.2) is 35.2 Å². The molecule has 1 rings (SSSR count). The van der Waals surface area contributed by atoms with Crippen molar-refractivity contribution in [2.24, 2.45) is 0 Å². The molecule has 0 unspecified atom stereocenters. The first-order valence-electron chi connectivity index (χ1n) is 6.15. The van der Waals surface area contributed by atoms with E-state index >= 15 is 0 Å². The second-order valence-corrected chi connectivity index (χ2v) is 4.75. The number of likely N-dealkylation sites (tertiary alicyclic amines) is 1. The molecule has 14 heavy (non-hydrogen) atoms. The van der Waals surface area contributed by atoms with Crippen LogP contribution >= 0.6 is 0 Å². The molecule has 0 bridgehead atoms. The van der Waals surface area contributed by atoms with Gasteiger partial charge in [-0.05, 0) is 19.4 Å². The van der Waals surface area contributed by atoms with E-state index in [1.165, 1.54) is 32.2 Å². The fourth-order valence-electron chi connectivity index (χ4n) is 2.33. The average molecular weight is 199 g/mol. The van der Waals surface area contributed by atoms with Crippen LogP contribution in [0.5, 0.6) is 0 Å². The third kappa shape index (κ3) is 3.58. The summed E-state index contributed by atoms with van der Waals surface area (Å²) >= 11 is 0. The van der Waals surface area contributed by atoms with Crippen molar-refractivity contribution in [3.63, 3.8) is 0 Å². The summed E-state index contributed by atoms with van der Waals surface area (Å²) < 4.78 is 0. The normalized spacial score (nSPS) is 20.8. The predicted molar refractivity (Wildman–Crippen MR) is 60.4 cm³/mol. The zero-order valence-corrected chi connectivity index (χ0v) is 9.76. The molecule has 2 heteroatoms. The van der Waals surface area contributed by atoms with Gasteiger partial charge in [-0.3, -0.25) is 4.90 Å². The van der Waals surface area contributed by atoms with Crippen LogP contribution in [0.3, 0.4) is 0 Å². The van der Waals surface area contributed by atoms with Crippen LogP contribution in [0.15, 0.2) is 0 Å². The van der Waals surface area contributed by atoms with Gasteiger partial charge in [0, 0.05) is 13.1 Å². The molecule has 0 atom stereocenters. The van der Waals surface area contributed by atoms with Crippen LogP contribution in [0, 0.1) is 0 Å². The lowest BCUT2D eigenvalue weighted by atomic mass is 9.89. The average Bonchev–Trinajstić information content (AvgIpc) is 2.10. The minimum Gasteiger partial charge on any atom is -0.387 e. The van der Waals surface area contributed by atoms with Gasteiger partial charge in [-0.15, -0.1) is 0 Å². The summed E-state index contributed by atoms with van der Waals surface area (Å²) in [7, 11) is 0. The van der Waals surface area contributed by atoms with E-state index in [9.17, 15) is 5.11 Å². The van der Waals surface area contributed by atoms with Gasteiger partial charge < -0.3 is 5.11 Å². The summed E-state index contributed by atoms with van der Waals surface area (Å²) in [6, 6.07) is 0. The van der Waals surface area contributed by atoms with Gasteiger partial charge in [0.05, 0.1) is 5.60 Å². The van der Waals surface area contributed by atoms with Crippen molar-refractivity contribution in [2.75, 3.05) is 19.6 Å². The van der Waals surface area contributed by atoms with Crippen LogP contribution in [0.2, 0.25) is 0 Å². The lowest BCUT2D eigenvalue weighted by molar-refractivity contribution is -0.103. The molecule has 2 nitrogen and oxygen atoms in total. The lowest BCUT2D eigenvalue weighted by Gasteiger charge is -2.46. The van der Waals surface area contributed by atoms with Gasteiger partial charge in [0.25, 0.3) is 0 Å². The first kappa shape index (κ1) is 12.0. The zero-order valence-electron chi connectivity index (χ0n) is 9.76. The number of rotatable bonds is 7. The Bertz CT molecular complexity index is 152. The Hall–Kier alpha value is -0.0800. The molecule has 0 spiro atoms. The molecule has 1 saturated heterocycles. The fourth-order valence-corrected chi connectivity index (χ4v) is 2.33. The highest BCUT2D eigenvalue weighted by Gasteiger charge is 2.39. The second kappa shape index (κ2) is 5.72. The molecule has 1 heterocycles. The molecule has 0 radical (unpaired) electrons. The van der Waals surface area contributed by atoms with E-state index in [1.54, 1.807) is 0 Å². The number of hydrogen-bond acceptors (Lipinski definition) is 2. The second-order valence-electron chi connectivity index (χ2n) is 4.75. The van der Waals surface area contributed by atoms with Crippen molar-refractivity contribution in [1.29, 1.82) is 0 Å². The Morgan fingerprint density at radius 2 is 1.79 bits per heavy atom. The third-order valence-corrected chi connectivity index (χ3v) is 3.08. The van der Waals surface area contributed by atoms with Crippen LogP contribution in [0.1, 0.15) is 52.4 Å². The highest BCUT2D eigenvalue weighted by Crippen LogP contribution is 2.25. The molecular weight excluding hydrogens is 174 g/mol. The molecule has 1 aliphatic heterocycles. The van der Waals surface area contributed by atoms with Crippen molar-refractivity contribution in [3.8, 4) is 0 Å². The van der Waals surface area contributed by atoms with Crippen molar-refractivity contribution >= 4 is 0 Å². The summed E-state index contributed by atoms with van der Waals surface area (Å²) in [6.07, 6.45) is 7.38. The molecular formula is C12H25NO. The van der Waals surface area contributed by atoms with E-state index in [0.717, 1.165) is 25.9 Å². The molecule has 0 aromatic carbocycles. The number of hydrogen-bond donors (Lipinski definition) is 1. The van der Waals surface area contributed by atoms with Gasteiger partial charge in [-0.1, -0.05) is 39.5 Å². The summed E-state index contributed by atoms with van der Waals surface area (Å²) in [5, 5.41) is 9.94. The molecule has 1 fully saturated rings. The molecule has 0 amide bonds. The first-order chi connectivity index (χ1) is 6.70. The van der Waals surface area contributed by atoms with E-state index in [0.29, 0.717) is 0 Å². The Labute approximate surface area is 88.3 Å². The number of aliphatic hydroxyl groups is 1. The van der Waals surface area contributed by atoms with E-state index in [4.69, 9.17) is 0 Å². The third-order valence-electron chi connectivity index (χ3n) is 3.08. The predicted octanol–water partition coefficient (Wildman–Crippen LogP) is 2.41. The molecule has 0 saturated carbocycles. The molecule has 1 aliphatic rings. The van der Waals surface area contributed by atoms with E-state index in [-0.39, 0.29) is 5.60 Å². The van der Waals surface area contributed by atoms with Crippen LogP contribution in [-0.2, 0) is 0 Å². The Balaban J connectivity index is 1.98. The molecule has 0 aliphatic carbocycles. The number of unbranched alkanes of at least 4 members (excludes halogenated alkanes) is 3. The van der Waals surface area contributed by atoms with Crippen molar-refractivity contribution in [3.05, 3.63) is 0 Å². The molecule has 0 aromatic rings. The Morgan fingerprint density at radius 3 is 2.36 bits per heavy atom. The monoisotopic (exact) mass is 199 g/mol. The quantitative estimate of drug-likeness (QED) is 0.636. The van der Waals surface area contributed by atoms with Gasteiger partial charge in [0.15, 0.2) is 0 Å². The van der Waals surface area contributed by atoms with Gasteiger partial charge in [-0.2, -0.15) is 0 Å².